The van der Waals surface area contributed by atoms with Crippen LogP contribution in [0.25, 0.3) is 0 Å². The number of hydrogen-bond acceptors (Lipinski definition) is 4. The number of urea groups is 1. The van der Waals surface area contributed by atoms with E-state index >= 15 is 0 Å². The normalized spacial score (nSPS) is 21.1. The third-order valence-corrected chi connectivity index (χ3v) is 4.35. The van der Waals surface area contributed by atoms with Crippen LogP contribution in [-0.4, -0.2) is 65.0 Å². The molecule has 3 rings (SSSR count). The van der Waals surface area contributed by atoms with Crippen molar-refractivity contribution in [1.29, 1.82) is 0 Å². The number of ether oxygens (including phenoxy) is 1. The van der Waals surface area contributed by atoms with Crippen molar-refractivity contribution in [2.45, 2.75) is 38.8 Å². The van der Waals surface area contributed by atoms with Crippen LogP contribution >= 0.6 is 0 Å². The highest BCUT2D eigenvalue weighted by Crippen LogP contribution is 2.20. The van der Waals surface area contributed by atoms with Crippen LogP contribution in [0.2, 0.25) is 0 Å². The molecular weight excluding hydrogens is 308 g/mol. The number of likely N-dealkylation sites (tertiary alicyclic amines) is 1. The van der Waals surface area contributed by atoms with E-state index in [1.165, 1.54) is 0 Å². The fourth-order valence-corrected chi connectivity index (χ4v) is 3.23. The minimum Gasteiger partial charge on any atom is -0.475 e. The number of piperidine rings is 1. The van der Waals surface area contributed by atoms with E-state index in [2.05, 4.69) is 10.3 Å². The van der Waals surface area contributed by atoms with E-state index in [-0.39, 0.29) is 24.1 Å². The molecule has 3 heterocycles. The quantitative estimate of drug-likeness (QED) is 0.907. The van der Waals surface area contributed by atoms with Crippen molar-refractivity contribution in [3.05, 3.63) is 23.9 Å². The summed E-state index contributed by atoms with van der Waals surface area (Å²) >= 11 is 0. The first-order chi connectivity index (χ1) is 11.5. The topological polar surface area (TPSA) is 74.8 Å². The zero-order valence-electron chi connectivity index (χ0n) is 14.2. The van der Waals surface area contributed by atoms with Crippen molar-refractivity contribution >= 4 is 11.9 Å². The predicted octanol–water partition coefficient (Wildman–Crippen LogP) is 1.50. The molecule has 2 aliphatic rings. The number of carbonyl (C=O) groups is 2. The highest BCUT2D eigenvalue weighted by atomic mass is 16.5. The first kappa shape index (κ1) is 16.5. The predicted molar refractivity (Wildman–Crippen MR) is 89.0 cm³/mol. The summed E-state index contributed by atoms with van der Waals surface area (Å²) in [5.41, 5.74) is 0.553. The third-order valence-electron chi connectivity index (χ3n) is 4.35. The van der Waals surface area contributed by atoms with Crippen LogP contribution in [0.15, 0.2) is 18.3 Å². The Morgan fingerprint density at radius 2 is 2.21 bits per heavy atom. The summed E-state index contributed by atoms with van der Waals surface area (Å²) < 4.78 is 5.50. The maximum Gasteiger partial charge on any atom is 0.317 e. The zero-order chi connectivity index (χ0) is 17.1. The Hall–Kier alpha value is -2.31. The van der Waals surface area contributed by atoms with Gasteiger partial charge in [0.25, 0.3) is 5.91 Å². The van der Waals surface area contributed by atoms with Gasteiger partial charge < -0.3 is 19.9 Å². The zero-order valence-corrected chi connectivity index (χ0v) is 14.2. The van der Waals surface area contributed by atoms with Crippen LogP contribution < -0.4 is 10.1 Å². The molecule has 24 heavy (non-hydrogen) atoms. The Labute approximate surface area is 142 Å². The molecule has 7 nitrogen and oxygen atoms in total. The summed E-state index contributed by atoms with van der Waals surface area (Å²) in [7, 11) is 0. The Morgan fingerprint density at radius 3 is 2.83 bits per heavy atom. The molecule has 1 atom stereocenters. The number of carbonyl (C=O) groups excluding carboxylic acids is 2. The smallest absolute Gasteiger partial charge is 0.317 e. The standard InChI is InChI=1S/C17H24N4O3/c1-12(2)24-15-6-5-13(10-19-15)16(22)20-8-3-4-14(11-20)21-9-7-18-17(21)23/h5-6,10,12,14H,3-4,7-9,11H2,1-2H3,(H,18,23). The first-order valence-corrected chi connectivity index (χ1v) is 8.51. The van der Waals surface area contributed by atoms with Gasteiger partial charge in [0.1, 0.15) is 0 Å². The molecule has 2 fully saturated rings. The molecule has 1 aromatic heterocycles. The number of hydrogen-bond donors (Lipinski definition) is 1. The molecular formula is C17H24N4O3. The van der Waals surface area contributed by atoms with Gasteiger partial charge in [0.05, 0.1) is 17.7 Å². The Kier molecular flexibility index (Phi) is 4.87. The Bertz CT molecular complexity index is 602. The average Bonchev–Trinajstić information content (AvgIpc) is 3.00. The SMILES string of the molecule is CC(C)Oc1ccc(C(=O)N2CCCC(N3CCNC3=O)C2)cn1. The Morgan fingerprint density at radius 1 is 1.38 bits per heavy atom. The van der Waals surface area contributed by atoms with Gasteiger partial charge in [-0.25, -0.2) is 9.78 Å². The van der Waals surface area contributed by atoms with Crippen LogP contribution in [0.1, 0.15) is 37.0 Å². The average molecular weight is 332 g/mol. The molecule has 1 N–H and O–H groups in total. The summed E-state index contributed by atoms with van der Waals surface area (Å²) in [4.78, 5) is 32.4. The van der Waals surface area contributed by atoms with Crippen molar-refractivity contribution < 1.29 is 14.3 Å². The lowest BCUT2D eigenvalue weighted by Gasteiger charge is -2.37. The van der Waals surface area contributed by atoms with E-state index in [9.17, 15) is 9.59 Å². The van der Waals surface area contributed by atoms with Gasteiger partial charge in [-0.2, -0.15) is 0 Å². The molecule has 0 radical (unpaired) electrons. The second-order valence-electron chi connectivity index (χ2n) is 6.52. The summed E-state index contributed by atoms with van der Waals surface area (Å²) in [6.45, 7) is 6.57. The molecule has 2 aliphatic heterocycles. The molecule has 0 bridgehead atoms. The fraction of sp³-hybridized carbons (Fsp3) is 0.588. The maximum atomic E-state index is 12.7. The molecule has 1 unspecified atom stereocenters. The molecule has 130 valence electrons. The molecule has 3 amide bonds. The maximum absolute atomic E-state index is 12.7. The van der Waals surface area contributed by atoms with Crippen molar-refractivity contribution in [2.75, 3.05) is 26.2 Å². The first-order valence-electron chi connectivity index (χ1n) is 8.51. The van der Waals surface area contributed by atoms with Crippen LogP contribution in [0.4, 0.5) is 4.79 Å². The summed E-state index contributed by atoms with van der Waals surface area (Å²) in [6.07, 6.45) is 3.46. The largest absolute Gasteiger partial charge is 0.475 e. The van der Waals surface area contributed by atoms with Crippen LogP contribution in [0.3, 0.4) is 0 Å². The van der Waals surface area contributed by atoms with Crippen molar-refractivity contribution in [1.82, 2.24) is 20.1 Å². The lowest BCUT2D eigenvalue weighted by Crippen LogP contribution is -2.50. The fourth-order valence-electron chi connectivity index (χ4n) is 3.23. The van der Waals surface area contributed by atoms with E-state index in [1.807, 2.05) is 23.6 Å². The van der Waals surface area contributed by atoms with Crippen LogP contribution in [0.5, 0.6) is 5.88 Å². The minimum absolute atomic E-state index is 0.0221. The van der Waals surface area contributed by atoms with E-state index in [4.69, 9.17) is 4.74 Å². The van der Waals surface area contributed by atoms with Gasteiger partial charge in [-0.05, 0) is 32.8 Å². The van der Waals surface area contributed by atoms with Gasteiger partial charge in [0, 0.05) is 38.4 Å². The third kappa shape index (κ3) is 3.60. The number of nitrogens with one attached hydrogen (secondary N) is 1. The van der Waals surface area contributed by atoms with E-state index < -0.39 is 0 Å². The number of rotatable bonds is 4. The molecule has 0 saturated carbocycles. The summed E-state index contributed by atoms with van der Waals surface area (Å²) in [5, 5.41) is 2.82. The van der Waals surface area contributed by atoms with E-state index in [1.54, 1.807) is 18.3 Å². The van der Waals surface area contributed by atoms with Gasteiger partial charge in [-0.1, -0.05) is 0 Å². The number of aromatic nitrogens is 1. The number of amides is 3. The molecule has 0 aliphatic carbocycles. The molecule has 7 heteroatoms. The summed E-state index contributed by atoms with van der Waals surface area (Å²) in [6, 6.07) is 3.55. The van der Waals surface area contributed by atoms with E-state index in [0.29, 0.717) is 31.1 Å². The molecule has 0 spiro atoms. The number of nitrogens with zero attached hydrogens (tertiary/aromatic N) is 3. The van der Waals surface area contributed by atoms with Crippen LogP contribution in [-0.2, 0) is 0 Å². The van der Waals surface area contributed by atoms with Crippen molar-refractivity contribution in [2.24, 2.45) is 0 Å². The lowest BCUT2D eigenvalue weighted by molar-refractivity contribution is 0.0634. The lowest BCUT2D eigenvalue weighted by atomic mass is 10.0. The van der Waals surface area contributed by atoms with E-state index in [0.717, 1.165) is 19.4 Å². The Balaban J connectivity index is 1.64. The molecule has 2 saturated heterocycles. The monoisotopic (exact) mass is 332 g/mol. The van der Waals surface area contributed by atoms with Gasteiger partial charge in [0.2, 0.25) is 5.88 Å². The van der Waals surface area contributed by atoms with Gasteiger partial charge in [-0.15, -0.1) is 0 Å². The summed E-state index contributed by atoms with van der Waals surface area (Å²) in [5.74, 6) is 0.481. The van der Waals surface area contributed by atoms with Gasteiger partial charge in [0.15, 0.2) is 0 Å². The van der Waals surface area contributed by atoms with Gasteiger partial charge in [-0.3, -0.25) is 4.79 Å². The molecule has 1 aromatic rings. The van der Waals surface area contributed by atoms with Gasteiger partial charge >= 0.3 is 6.03 Å². The number of pyridine rings is 1. The highest BCUT2D eigenvalue weighted by molar-refractivity contribution is 5.94. The molecule has 0 aromatic carbocycles. The van der Waals surface area contributed by atoms with Crippen molar-refractivity contribution in [3.63, 3.8) is 0 Å². The van der Waals surface area contributed by atoms with Crippen molar-refractivity contribution in [3.8, 4) is 5.88 Å². The second-order valence-corrected chi connectivity index (χ2v) is 6.52. The second kappa shape index (κ2) is 7.07. The van der Waals surface area contributed by atoms with Crippen LogP contribution in [0, 0.1) is 0 Å². The highest BCUT2D eigenvalue weighted by Gasteiger charge is 2.33. The minimum atomic E-state index is -0.0390.